The zero-order valence-corrected chi connectivity index (χ0v) is 10.7. The molecule has 2 aromatic carbocycles. The monoisotopic (exact) mass is 249 g/mol. The summed E-state index contributed by atoms with van der Waals surface area (Å²) in [7, 11) is 0. The molecule has 0 fully saturated rings. The lowest BCUT2D eigenvalue weighted by molar-refractivity contribution is -0.576. The molecule has 2 nitrogen and oxygen atoms in total. The Hall–Kier alpha value is -2.09. The molecule has 1 aromatic heterocycles. The van der Waals surface area contributed by atoms with Crippen LogP contribution in [0.4, 0.5) is 0 Å². The van der Waals surface area contributed by atoms with Gasteiger partial charge in [-0.05, 0) is 48.8 Å². The Morgan fingerprint density at radius 2 is 1.74 bits per heavy atom. The predicted molar refractivity (Wildman–Crippen MR) is 77.1 cm³/mol. The van der Waals surface area contributed by atoms with Crippen LogP contribution in [0.5, 0.6) is 0 Å². The molecule has 4 rings (SSSR count). The van der Waals surface area contributed by atoms with E-state index >= 15 is 0 Å². The molecule has 0 unspecified atom stereocenters. The average molecular weight is 249 g/mol. The van der Waals surface area contributed by atoms with E-state index in [1.165, 1.54) is 24.0 Å². The summed E-state index contributed by atoms with van der Waals surface area (Å²) in [5, 5.41) is 15.7. The number of nitrogens with zero attached hydrogens (tertiary/aromatic N) is 1. The maximum atomic E-state index is 12.4. The number of fused-ring (bicyclic) bond motifs is 5. The molecule has 0 bridgehead atoms. The third-order valence-corrected chi connectivity index (χ3v) is 4.23. The van der Waals surface area contributed by atoms with Gasteiger partial charge in [-0.2, -0.15) is 4.73 Å². The van der Waals surface area contributed by atoms with Gasteiger partial charge in [0, 0.05) is 5.56 Å². The van der Waals surface area contributed by atoms with E-state index in [1.54, 1.807) is 6.20 Å². The van der Waals surface area contributed by atoms with Gasteiger partial charge in [-0.15, -0.1) is 0 Å². The maximum Gasteiger partial charge on any atom is 0.231 e. The summed E-state index contributed by atoms with van der Waals surface area (Å²) in [6, 6.07) is 12.4. The Bertz CT molecular complexity index is 792. The van der Waals surface area contributed by atoms with E-state index in [9.17, 15) is 5.21 Å². The summed E-state index contributed by atoms with van der Waals surface area (Å²) in [6.45, 7) is 0. The Morgan fingerprint density at radius 3 is 2.68 bits per heavy atom. The van der Waals surface area contributed by atoms with Crippen LogP contribution in [0.15, 0.2) is 42.6 Å². The zero-order chi connectivity index (χ0) is 12.8. The standard InChI is InChI=1S/C17H15NO/c19-18-11-13-6-2-3-7-14(13)16-10-9-12-5-1-4-8-15(12)17(16)18/h1,4-5,8-11H,2-3,6-7H2. The third kappa shape index (κ3) is 1.53. The van der Waals surface area contributed by atoms with Crippen molar-refractivity contribution in [2.75, 3.05) is 0 Å². The molecule has 0 aliphatic heterocycles. The van der Waals surface area contributed by atoms with Gasteiger partial charge in [0.2, 0.25) is 5.52 Å². The van der Waals surface area contributed by atoms with Crippen molar-refractivity contribution in [1.82, 2.24) is 0 Å². The van der Waals surface area contributed by atoms with Gasteiger partial charge in [0.1, 0.15) is 0 Å². The van der Waals surface area contributed by atoms with E-state index in [4.69, 9.17) is 0 Å². The molecular weight excluding hydrogens is 234 g/mol. The van der Waals surface area contributed by atoms with Crippen molar-refractivity contribution < 1.29 is 4.73 Å². The highest BCUT2D eigenvalue weighted by molar-refractivity contribution is 6.04. The molecule has 0 saturated heterocycles. The Labute approximate surface area is 111 Å². The van der Waals surface area contributed by atoms with Crippen LogP contribution in [-0.4, -0.2) is 0 Å². The smallest absolute Gasteiger partial charge is 0.231 e. The van der Waals surface area contributed by atoms with Crippen molar-refractivity contribution in [3.05, 3.63) is 58.9 Å². The van der Waals surface area contributed by atoms with Gasteiger partial charge < -0.3 is 5.21 Å². The van der Waals surface area contributed by atoms with Crippen molar-refractivity contribution >= 4 is 21.7 Å². The second-order valence-corrected chi connectivity index (χ2v) is 5.35. The number of hydrogen-bond donors (Lipinski definition) is 0. The number of pyridine rings is 1. The molecule has 1 aliphatic rings. The Balaban J connectivity index is 2.20. The predicted octanol–water partition coefficient (Wildman–Crippen LogP) is 3.51. The number of hydrogen-bond acceptors (Lipinski definition) is 1. The van der Waals surface area contributed by atoms with E-state index < -0.39 is 0 Å². The molecule has 0 amide bonds. The van der Waals surface area contributed by atoms with Crippen LogP contribution in [-0.2, 0) is 12.8 Å². The van der Waals surface area contributed by atoms with Crippen LogP contribution in [0.25, 0.3) is 21.7 Å². The van der Waals surface area contributed by atoms with Gasteiger partial charge in [-0.3, -0.25) is 0 Å². The molecule has 2 heteroatoms. The highest BCUT2D eigenvalue weighted by atomic mass is 16.5. The van der Waals surface area contributed by atoms with Crippen LogP contribution in [0.2, 0.25) is 0 Å². The molecular formula is C17H15NO. The van der Waals surface area contributed by atoms with Crippen LogP contribution >= 0.6 is 0 Å². The first kappa shape index (κ1) is 10.8. The van der Waals surface area contributed by atoms with Gasteiger partial charge in [-0.25, -0.2) is 0 Å². The minimum absolute atomic E-state index is 0.832. The van der Waals surface area contributed by atoms with Crippen molar-refractivity contribution in [3.63, 3.8) is 0 Å². The van der Waals surface area contributed by atoms with E-state index in [-0.39, 0.29) is 0 Å². The molecule has 1 heterocycles. The molecule has 0 N–H and O–H groups in total. The van der Waals surface area contributed by atoms with Gasteiger partial charge in [-0.1, -0.05) is 24.3 Å². The van der Waals surface area contributed by atoms with Crippen LogP contribution < -0.4 is 4.73 Å². The fourth-order valence-electron chi connectivity index (χ4n) is 3.32. The summed E-state index contributed by atoms with van der Waals surface area (Å²) >= 11 is 0. The number of aromatic nitrogens is 1. The maximum absolute atomic E-state index is 12.4. The summed E-state index contributed by atoms with van der Waals surface area (Å²) in [4.78, 5) is 0. The molecule has 3 aromatic rings. The van der Waals surface area contributed by atoms with Crippen LogP contribution in [0.3, 0.4) is 0 Å². The first-order valence-electron chi connectivity index (χ1n) is 6.90. The molecule has 0 saturated carbocycles. The van der Waals surface area contributed by atoms with Crippen molar-refractivity contribution in [3.8, 4) is 0 Å². The number of rotatable bonds is 0. The topological polar surface area (TPSA) is 26.9 Å². The minimum atomic E-state index is 0.832. The zero-order valence-electron chi connectivity index (χ0n) is 10.7. The normalized spacial score (nSPS) is 14.7. The number of benzene rings is 2. The van der Waals surface area contributed by atoms with Gasteiger partial charge in [0.15, 0.2) is 6.20 Å². The first-order valence-corrected chi connectivity index (χ1v) is 6.90. The lowest BCUT2D eigenvalue weighted by atomic mass is 9.89. The van der Waals surface area contributed by atoms with E-state index in [0.29, 0.717) is 0 Å². The lowest BCUT2D eigenvalue weighted by Crippen LogP contribution is -2.29. The highest BCUT2D eigenvalue weighted by Crippen LogP contribution is 2.30. The third-order valence-electron chi connectivity index (χ3n) is 4.23. The fourth-order valence-corrected chi connectivity index (χ4v) is 3.32. The summed E-state index contributed by atoms with van der Waals surface area (Å²) in [6.07, 6.45) is 6.37. The molecule has 19 heavy (non-hydrogen) atoms. The summed E-state index contributed by atoms with van der Waals surface area (Å²) in [5.41, 5.74) is 3.46. The number of aryl methyl sites for hydroxylation is 2. The van der Waals surface area contributed by atoms with E-state index in [0.717, 1.165) is 39.2 Å². The second-order valence-electron chi connectivity index (χ2n) is 5.35. The molecule has 0 radical (unpaired) electrons. The van der Waals surface area contributed by atoms with E-state index in [2.05, 4.69) is 18.2 Å². The Morgan fingerprint density at radius 1 is 0.895 bits per heavy atom. The summed E-state index contributed by atoms with van der Waals surface area (Å²) < 4.78 is 1.07. The minimum Gasteiger partial charge on any atom is -0.618 e. The van der Waals surface area contributed by atoms with Crippen molar-refractivity contribution in [2.45, 2.75) is 25.7 Å². The average Bonchev–Trinajstić information content (AvgIpc) is 2.46. The van der Waals surface area contributed by atoms with Gasteiger partial charge >= 0.3 is 0 Å². The second kappa shape index (κ2) is 3.95. The SMILES string of the molecule is [O-][n+]1cc2c(c3ccc4ccccc4c31)CCCC2. The molecule has 0 spiro atoms. The molecule has 1 aliphatic carbocycles. The largest absolute Gasteiger partial charge is 0.618 e. The van der Waals surface area contributed by atoms with E-state index in [1.807, 2.05) is 18.2 Å². The first-order chi connectivity index (χ1) is 9.34. The van der Waals surface area contributed by atoms with Crippen LogP contribution in [0.1, 0.15) is 24.0 Å². The lowest BCUT2D eigenvalue weighted by Gasteiger charge is -2.17. The van der Waals surface area contributed by atoms with Gasteiger partial charge in [0.25, 0.3) is 0 Å². The quantitative estimate of drug-likeness (QED) is 0.340. The van der Waals surface area contributed by atoms with Gasteiger partial charge in [0.05, 0.1) is 10.8 Å². The van der Waals surface area contributed by atoms with Crippen molar-refractivity contribution in [2.24, 2.45) is 0 Å². The highest BCUT2D eigenvalue weighted by Gasteiger charge is 2.19. The molecule has 94 valence electrons. The van der Waals surface area contributed by atoms with Crippen molar-refractivity contribution in [1.29, 1.82) is 0 Å². The fraction of sp³-hybridized carbons (Fsp3) is 0.235. The molecule has 0 atom stereocenters. The Kier molecular flexibility index (Phi) is 2.25. The van der Waals surface area contributed by atoms with Crippen LogP contribution in [0, 0.1) is 5.21 Å². The summed E-state index contributed by atoms with van der Waals surface area (Å²) in [5.74, 6) is 0.